The van der Waals surface area contributed by atoms with Crippen molar-refractivity contribution in [1.29, 1.82) is 0 Å². The van der Waals surface area contributed by atoms with Gasteiger partial charge in [-0.2, -0.15) is 0 Å². The summed E-state index contributed by atoms with van der Waals surface area (Å²) in [6.07, 6.45) is 0. The smallest absolute Gasteiger partial charge is 0.191 e. The van der Waals surface area contributed by atoms with E-state index in [1.165, 1.54) is 0 Å². The van der Waals surface area contributed by atoms with Crippen LogP contribution in [-0.4, -0.2) is 67.0 Å². The predicted molar refractivity (Wildman–Crippen MR) is 124 cm³/mol. The lowest BCUT2D eigenvalue weighted by molar-refractivity contribution is 0.295. The van der Waals surface area contributed by atoms with Crippen LogP contribution in [0.2, 0.25) is 0 Å². The van der Waals surface area contributed by atoms with Crippen molar-refractivity contribution in [2.75, 3.05) is 56.1 Å². The second-order valence-electron chi connectivity index (χ2n) is 7.08. The van der Waals surface area contributed by atoms with Gasteiger partial charge in [-0.25, -0.2) is 0 Å². The summed E-state index contributed by atoms with van der Waals surface area (Å²) in [5, 5.41) is 6.74. The monoisotopic (exact) mass is 430 g/mol. The number of hydrogen-bond acceptors (Lipinski definition) is 6. The lowest BCUT2D eigenvalue weighted by atomic mass is 10.1. The molecule has 170 valence electrons. The Morgan fingerprint density at radius 2 is 1.58 bits per heavy atom. The van der Waals surface area contributed by atoms with Crippen molar-refractivity contribution in [3.05, 3.63) is 47.5 Å². The summed E-state index contributed by atoms with van der Waals surface area (Å²) in [6.45, 7) is 1.22. The van der Waals surface area contributed by atoms with E-state index in [4.69, 9.17) is 18.9 Å². The number of nitrogens with one attached hydrogen (secondary N) is 2. The fourth-order valence-electron chi connectivity index (χ4n) is 3.25. The van der Waals surface area contributed by atoms with Crippen LogP contribution in [-0.2, 0) is 6.54 Å². The molecule has 0 aromatic heterocycles. The van der Waals surface area contributed by atoms with E-state index in [1.54, 1.807) is 35.5 Å². The second-order valence-corrected chi connectivity index (χ2v) is 7.08. The van der Waals surface area contributed by atoms with E-state index in [2.05, 4.69) is 20.5 Å². The van der Waals surface area contributed by atoms with Crippen molar-refractivity contribution in [3.8, 4) is 23.0 Å². The van der Waals surface area contributed by atoms with Gasteiger partial charge in [0.15, 0.2) is 17.5 Å². The fourth-order valence-corrected chi connectivity index (χ4v) is 3.25. The summed E-state index contributed by atoms with van der Waals surface area (Å²) in [6, 6.07) is 11.8. The largest absolute Gasteiger partial charge is 0.497 e. The zero-order chi connectivity index (χ0) is 22.8. The molecule has 31 heavy (non-hydrogen) atoms. The lowest BCUT2D eigenvalue weighted by Gasteiger charge is -2.26. The van der Waals surface area contributed by atoms with Gasteiger partial charge in [0.1, 0.15) is 11.5 Å². The highest BCUT2D eigenvalue weighted by Gasteiger charge is 2.17. The fraction of sp³-hybridized carbons (Fsp3) is 0.435. The van der Waals surface area contributed by atoms with Crippen LogP contribution in [0.1, 0.15) is 17.2 Å². The number of likely N-dealkylation sites (N-methyl/N-ethyl adjacent to an activating group) is 1. The molecule has 0 aliphatic carbocycles. The SMILES string of the molecule is CN=C(NCc1ccc(OC)cc1OC)NCC(c1ccc(OC)c(OC)c1)N(C)C. The first-order chi connectivity index (χ1) is 15.0. The molecule has 0 amide bonds. The summed E-state index contributed by atoms with van der Waals surface area (Å²) < 4.78 is 21.5. The Hall–Kier alpha value is -3.13. The Morgan fingerprint density at radius 3 is 2.16 bits per heavy atom. The molecule has 0 saturated carbocycles. The van der Waals surface area contributed by atoms with E-state index in [0.29, 0.717) is 30.5 Å². The molecule has 0 aliphatic heterocycles. The molecule has 0 aliphatic rings. The zero-order valence-corrected chi connectivity index (χ0v) is 19.5. The Bertz CT molecular complexity index is 871. The minimum atomic E-state index is 0.105. The van der Waals surface area contributed by atoms with Crippen molar-refractivity contribution in [1.82, 2.24) is 15.5 Å². The molecule has 1 atom stereocenters. The van der Waals surface area contributed by atoms with E-state index in [9.17, 15) is 0 Å². The maximum Gasteiger partial charge on any atom is 0.191 e. The molecule has 2 aromatic rings. The zero-order valence-electron chi connectivity index (χ0n) is 19.5. The molecule has 0 heterocycles. The summed E-state index contributed by atoms with van der Waals surface area (Å²) >= 11 is 0. The van der Waals surface area contributed by atoms with E-state index >= 15 is 0 Å². The van der Waals surface area contributed by atoms with Gasteiger partial charge in [0.25, 0.3) is 0 Å². The van der Waals surface area contributed by atoms with Gasteiger partial charge < -0.3 is 34.5 Å². The van der Waals surface area contributed by atoms with Crippen molar-refractivity contribution >= 4 is 5.96 Å². The third-order valence-corrected chi connectivity index (χ3v) is 5.04. The molecular formula is C23H34N4O4. The van der Waals surface area contributed by atoms with Crippen LogP contribution < -0.4 is 29.6 Å². The van der Waals surface area contributed by atoms with Gasteiger partial charge in [-0.3, -0.25) is 4.99 Å². The lowest BCUT2D eigenvalue weighted by Crippen LogP contribution is -2.41. The highest BCUT2D eigenvalue weighted by atomic mass is 16.5. The Morgan fingerprint density at radius 1 is 0.871 bits per heavy atom. The van der Waals surface area contributed by atoms with Crippen molar-refractivity contribution in [2.24, 2.45) is 4.99 Å². The van der Waals surface area contributed by atoms with E-state index in [0.717, 1.165) is 22.6 Å². The number of ether oxygens (including phenoxy) is 4. The van der Waals surface area contributed by atoms with Crippen molar-refractivity contribution in [3.63, 3.8) is 0 Å². The van der Waals surface area contributed by atoms with Gasteiger partial charge in [-0.15, -0.1) is 0 Å². The number of aliphatic imine (C=N–C) groups is 1. The Balaban J connectivity index is 2.06. The molecule has 0 saturated heterocycles. The van der Waals surface area contributed by atoms with Crippen LogP contribution in [0.25, 0.3) is 0 Å². The Labute approximate surface area is 185 Å². The molecule has 0 spiro atoms. The van der Waals surface area contributed by atoms with E-state index in [1.807, 2.05) is 50.5 Å². The molecule has 2 aromatic carbocycles. The highest BCUT2D eigenvalue weighted by molar-refractivity contribution is 5.79. The number of hydrogen-bond donors (Lipinski definition) is 2. The summed E-state index contributed by atoms with van der Waals surface area (Å²) in [7, 11) is 12.4. The standard InChI is InChI=1S/C23H34N4O4/c1-24-23(25-14-17-8-10-18(28-4)13-21(17)30-6)26-15-19(27(2)3)16-9-11-20(29-5)22(12-16)31-7/h8-13,19H,14-15H2,1-7H3,(H2,24,25,26). The number of nitrogens with zero attached hydrogens (tertiary/aromatic N) is 2. The van der Waals surface area contributed by atoms with Crippen molar-refractivity contribution in [2.45, 2.75) is 12.6 Å². The van der Waals surface area contributed by atoms with E-state index in [-0.39, 0.29) is 6.04 Å². The molecule has 8 nitrogen and oxygen atoms in total. The normalized spacial score (nSPS) is 12.3. The predicted octanol–water partition coefficient (Wildman–Crippen LogP) is 2.69. The minimum Gasteiger partial charge on any atom is -0.497 e. The molecule has 1 unspecified atom stereocenters. The van der Waals surface area contributed by atoms with Crippen LogP contribution in [0.5, 0.6) is 23.0 Å². The summed E-state index contributed by atoms with van der Waals surface area (Å²) in [5.41, 5.74) is 2.12. The molecule has 0 radical (unpaired) electrons. The summed E-state index contributed by atoms with van der Waals surface area (Å²) in [4.78, 5) is 6.49. The third kappa shape index (κ3) is 6.42. The van der Waals surface area contributed by atoms with Gasteiger partial charge in [-0.05, 0) is 43.9 Å². The van der Waals surface area contributed by atoms with Gasteiger partial charge in [0.2, 0.25) is 0 Å². The van der Waals surface area contributed by atoms with Gasteiger partial charge in [0.05, 0.1) is 34.5 Å². The molecule has 2 rings (SSSR count). The van der Waals surface area contributed by atoms with Gasteiger partial charge in [0, 0.05) is 31.8 Å². The van der Waals surface area contributed by atoms with Gasteiger partial charge >= 0.3 is 0 Å². The quantitative estimate of drug-likeness (QED) is 0.443. The molecule has 8 heteroatoms. The Kier molecular flexibility index (Phi) is 9.27. The van der Waals surface area contributed by atoms with Crippen LogP contribution >= 0.6 is 0 Å². The first-order valence-corrected chi connectivity index (χ1v) is 10.0. The highest BCUT2D eigenvalue weighted by Crippen LogP contribution is 2.31. The van der Waals surface area contributed by atoms with Crippen LogP contribution in [0.4, 0.5) is 0 Å². The first-order valence-electron chi connectivity index (χ1n) is 10.0. The van der Waals surface area contributed by atoms with Crippen LogP contribution in [0.15, 0.2) is 41.4 Å². The van der Waals surface area contributed by atoms with Crippen LogP contribution in [0.3, 0.4) is 0 Å². The maximum absolute atomic E-state index is 5.47. The topological polar surface area (TPSA) is 76.6 Å². The van der Waals surface area contributed by atoms with E-state index < -0.39 is 0 Å². The molecule has 0 fully saturated rings. The average Bonchev–Trinajstić information content (AvgIpc) is 2.80. The number of guanidine groups is 1. The van der Waals surface area contributed by atoms with Crippen molar-refractivity contribution < 1.29 is 18.9 Å². The number of rotatable bonds is 10. The van der Waals surface area contributed by atoms with Crippen LogP contribution in [0, 0.1) is 0 Å². The first kappa shape index (κ1) is 24.1. The number of methoxy groups -OCH3 is 4. The maximum atomic E-state index is 5.47. The molecule has 0 bridgehead atoms. The summed E-state index contributed by atoms with van der Waals surface area (Å²) in [5.74, 6) is 3.64. The minimum absolute atomic E-state index is 0.105. The third-order valence-electron chi connectivity index (χ3n) is 5.04. The molecular weight excluding hydrogens is 396 g/mol. The second kappa shape index (κ2) is 11.9. The van der Waals surface area contributed by atoms with Gasteiger partial charge in [-0.1, -0.05) is 6.07 Å². The molecule has 2 N–H and O–H groups in total. The average molecular weight is 431 g/mol. The number of benzene rings is 2.